The second-order valence-electron chi connectivity index (χ2n) is 8.11. The number of halogens is 1. The van der Waals surface area contributed by atoms with Gasteiger partial charge in [-0.05, 0) is 68.4 Å². The topological polar surface area (TPSA) is 30.7 Å². The average molecular weight is 372 g/mol. The van der Waals surface area contributed by atoms with Gasteiger partial charge in [-0.25, -0.2) is 0 Å². The molecular weight excluding hydrogens is 350 g/mol. The first-order valence-corrected chi connectivity index (χ1v) is 9.58. The van der Waals surface area contributed by atoms with Crippen LogP contribution in [-0.4, -0.2) is 14.8 Å². The van der Waals surface area contributed by atoms with E-state index in [0.717, 1.165) is 33.6 Å². The van der Waals surface area contributed by atoms with Gasteiger partial charge in [0.25, 0.3) is 0 Å². The van der Waals surface area contributed by atoms with Gasteiger partial charge in [-0.3, -0.25) is 0 Å². The highest BCUT2D eigenvalue weighted by Crippen LogP contribution is 2.60. The molecule has 3 nitrogen and oxygen atoms in total. The van der Waals surface area contributed by atoms with Crippen LogP contribution in [0.4, 0.5) is 0 Å². The van der Waals surface area contributed by atoms with Crippen molar-refractivity contribution < 1.29 is 0 Å². The van der Waals surface area contributed by atoms with E-state index < -0.39 is 0 Å². The van der Waals surface area contributed by atoms with E-state index in [1.54, 1.807) is 0 Å². The third-order valence-corrected chi connectivity index (χ3v) is 7.02. The molecule has 6 rings (SSSR count). The quantitative estimate of drug-likeness (QED) is 0.764. The molecule has 120 valence electrons. The molecule has 4 saturated carbocycles. The van der Waals surface area contributed by atoms with Crippen LogP contribution in [0.2, 0.25) is 0 Å². The Morgan fingerprint density at radius 2 is 1.52 bits per heavy atom. The maximum Gasteiger partial charge on any atom is 0.163 e. The summed E-state index contributed by atoms with van der Waals surface area (Å²) in [5, 5.41) is 9.28. The lowest BCUT2D eigenvalue weighted by Crippen LogP contribution is -2.49. The molecule has 4 aliphatic rings. The standard InChI is InChI=1S/C19H22BrN3/c1-23-17(15-2-4-16(20)5-3-15)21-22-18(23)19-9-12-6-13(10-19)8-14(7-12)11-19/h2-5,12-14H,6-11H2,1H3. The molecule has 0 radical (unpaired) electrons. The second-order valence-corrected chi connectivity index (χ2v) is 9.03. The maximum atomic E-state index is 4.71. The SMILES string of the molecule is Cn1c(-c2ccc(Br)cc2)nnc1C12CC3CC(CC(C3)C1)C2. The second kappa shape index (κ2) is 4.92. The lowest BCUT2D eigenvalue weighted by Gasteiger charge is -2.56. The van der Waals surface area contributed by atoms with Crippen molar-refractivity contribution in [2.45, 2.75) is 43.9 Å². The van der Waals surface area contributed by atoms with Crippen molar-refractivity contribution in [3.63, 3.8) is 0 Å². The summed E-state index contributed by atoms with van der Waals surface area (Å²) < 4.78 is 3.38. The van der Waals surface area contributed by atoms with Crippen molar-refractivity contribution >= 4 is 15.9 Å². The number of aromatic nitrogens is 3. The molecule has 23 heavy (non-hydrogen) atoms. The Balaban J connectivity index is 1.56. The first kappa shape index (κ1) is 14.2. The Morgan fingerprint density at radius 3 is 2.09 bits per heavy atom. The van der Waals surface area contributed by atoms with Crippen molar-refractivity contribution in [1.29, 1.82) is 0 Å². The number of benzene rings is 1. The normalized spacial score (nSPS) is 35.0. The van der Waals surface area contributed by atoms with Crippen LogP contribution < -0.4 is 0 Å². The van der Waals surface area contributed by atoms with Crippen LogP contribution in [0, 0.1) is 17.8 Å². The van der Waals surface area contributed by atoms with Crippen LogP contribution in [0.15, 0.2) is 28.7 Å². The molecule has 1 aromatic heterocycles. The van der Waals surface area contributed by atoms with E-state index in [4.69, 9.17) is 5.10 Å². The van der Waals surface area contributed by atoms with Gasteiger partial charge in [0.15, 0.2) is 5.82 Å². The number of hydrogen-bond acceptors (Lipinski definition) is 2. The molecule has 4 heteroatoms. The van der Waals surface area contributed by atoms with Gasteiger partial charge < -0.3 is 4.57 Å². The predicted octanol–water partition coefficient (Wildman–Crippen LogP) is 4.71. The molecule has 0 saturated heterocycles. The van der Waals surface area contributed by atoms with Crippen LogP contribution >= 0.6 is 15.9 Å². The Bertz CT molecular complexity index is 711. The van der Waals surface area contributed by atoms with E-state index >= 15 is 0 Å². The van der Waals surface area contributed by atoms with Crippen LogP contribution in [0.1, 0.15) is 44.3 Å². The Labute approximate surface area is 145 Å². The lowest BCUT2D eigenvalue weighted by molar-refractivity contribution is -0.0107. The number of hydrogen-bond donors (Lipinski definition) is 0. The molecule has 1 heterocycles. The molecule has 0 atom stereocenters. The highest BCUT2D eigenvalue weighted by Gasteiger charge is 2.53. The van der Waals surface area contributed by atoms with E-state index in [1.165, 1.54) is 44.3 Å². The molecule has 2 aromatic rings. The molecular formula is C19H22BrN3. The molecule has 1 aromatic carbocycles. The molecule has 0 amide bonds. The highest BCUT2D eigenvalue weighted by atomic mass is 79.9. The summed E-state index contributed by atoms with van der Waals surface area (Å²) >= 11 is 3.51. The van der Waals surface area contributed by atoms with Gasteiger partial charge >= 0.3 is 0 Å². The molecule has 0 unspecified atom stereocenters. The molecule has 0 spiro atoms. The minimum absolute atomic E-state index is 0.310. The Kier molecular flexibility index (Phi) is 3.04. The summed E-state index contributed by atoms with van der Waals surface area (Å²) in [7, 11) is 2.16. The summed E-state index contributed by atoms with van der Waals surface area (Å²) in [6, 6.07) is 8.40. The van der Waals surface area contributed by atoms with Crippen LogP contribution in [0.3, 0.4) is 0 Å². The fourth-order valence-electron chi connectivity index (χ4n) is 6.03. The zero-order chi connectivity index (χ0) is 15.6. The third kappa shape index (κ3) is 2.14. The largest absolute Gasteiger partial charge is 0.314 e. The van der Waals surface area contributed by atoms with Gasteiger partial charge in [-0.1, -0.05) is 28.1 Å². The first-order chi connectivity index (χ1) is 11.1. The van der Waals surface area contributed by atoms with E-state index in [1.807, 2.05) is 0 Å². The molecule has 4 bridgehead atoms. The highest BCUT2D eigenvalue weighted by molar-refractivity contribution is 9.10. The molecule has 0 aliphatic heterocycles. The van der Waals surface area contributed by atoms with Gasteiger partial charge in [0.05, 0.1) is 0 Å². The monoisotopic (exact) mass is 371 g/mol. The van der Waals surface area contributed by atoms with Crippen molar-refractivity contribution in [2.75, 3.05) is 0 Å². The lowest BCUT2D eigenvalue weighted by atomic mass is 9.49. The fourth-order valence-corrected chi connectivity index (χ4v) is 6.29. The van der Waals surface area contributed by atoms with Gasteiger partial charge in [-0.15, -0.1) is 10.2 Å². The van der Waals surface area contributed by atoms with E-state index in [-0.39, 0.29) is 0 Å². The van der Waals surface area contributed by atoms with Crippen LogP contribution in [0.25, 0.3) is 11.4 Å². The van der Waals surface area contributed by atoms with Gasteiger partial charge in [0.2, 0.25) is 0 Å². The molecule has 4 fully saturated rings. The minimum Gasteiger partial charge on any atom is -0.314 e. The zero-order valence-corrected chi connectivity index (χ0v) is 15.1. The summed E-state index contributed by atoms with van der Waals surface area (Å²) in [6.07, 6.45) is 8.42. The number of nitrogens with zero attached hydrogens (tertiary/aromatic N) is 3. The van der Waals surface area contributed by atoms with Crippen LogP contribution in [0.5, 0.6) is 0 Å². The number of rotatable bonds is 2. The Hall–Kier alpha value is -1.16. The van der Waals surface area contributed by atoms with E-state index in [9.17, 15) is 0 Å². The molecule has 0 N–H and O–H groups in total. The van der Waals surface area contributed by atoms with E-state index in [2.05, 4.69) is 56.9 Å². The fraction of sp³-hybridized carbons (Fsp3) is 0.579. The molecule has 4 aliphatic carbocycles. The van der Waals surface area contributed by atoms with Gasteiger partial charge in [0, 0.05) is 22.5 Å². The maximum absolute atomic E-state index is 4.71. The Morgan fingerprint density at radius 1 is 0.957 bits per heavy atom. The summed E-state index contributed by atoms with van der Waals surface area (Å²) in [6.45, 7) is 0. The average Bonchev–Trinajstić information content (AvgIpc) is 2.89. The van der Waals surface area contributed by atoms with Crippen LogP contribution in [-0.2, 0) is 12.5 Å². The van der Waals surface area contributed by atoms with Crippen molar-refractivity contribution in [3.05, 3.63) is 34.6 Å². The minimum atomic E-state index is 0.310. The smallest absolute Gasteiger partial charge is 0.163 e. The van der Waals surface area contributed by atoms with Crippen molar-refractivity contribution in [1.82, 2.24) is 14.8 Å². The van der Waals surface area contributed by atoms with Gasteiger partial charge in [-0.2, -0.15) is 0 Å². The summed E-state index contributed by atoms with van der Waals surface area (Å²) in [4.78, 5) is 0. The van der Waals surface area contributed by atoms with E-state index in [0.29, 0.717) is 5.41 Å². The zero-order valence-electron chi connectivity index (χ0n) is 13.5. The summed E-state index contributed by atoms with van der Waals surface area (Å²) in [5.74, 6) is 5.06. The first-order valence-electron chi connectivity index (χ1n) is 8.79. The summed E-state index contributed by atoms with van der Waals surface area (Å²) in [5.41, 5.74) is 1.46. The third-order valence-electron chi connectivity index (χ3n) is 6.49. The van der Waals surface area contributed by atoms with Crippen molar-refractivity contribution in [3.8, 4) is 11.4 Å². The predicted molar refractivity (Wildman–Crippen MR) is 94.0 cm³/mol. The van der Waals surface area contributed by atoms with Crippen molar-refractivity contribution in [2.24, 2.45) is 24.8 Å². The van der Waals surface area contributed by atoms with Gasteiger partial charge in [0.1, 0.15) is 5.82 Å².